The molecule has 1 aliphatic rings. The van der Waals surface area contributed by atoms with Crippen molar-refractivity contribution in [3.63, 3.8) is 0 Å². The molecule has 2 aromatic carbocycles. The molecule has 1 N–H and O–H groups in total. The Kier molecular flexibility index (Phi) is 4.60. The molecule has 0 aliphatic carbocycles. The van der Waals surface area contributed by atoms with Crippen LogP contribution in [0.25, 0.3) is 10.9 Å². The number of nitrogens with one attached hydrogen (secondary N) is 1. The molecule has 148 valence electrons. The first-order chi connectivity index (χ1) is 14.2. The summed E-state index contributed by atoms with van der Waals surface area (Å²) in [6.07, 6.45) is 5.12. The number of hydrogen-bond acceptors (Lipinski definition) is 3. The molecule has 0 radical (unpaired) electrons. The second-order valence-corrected chi connectivity index (χ2v) is 7.71. The Balaban J connectivity index is 1.58. The third-order valence-corrected chi connectivity index (χ3v) is 5.79. The van der Waals surface area contributed by atoms with Crippen molar-refractivity contribution in [1.29, 1.82) is 0 Å². The first-order valence-electron chi connectivity index (χ1n) is 10.3. The van der Waals surface area contributed by atoms with E-state index in [0.717, 1.165) is 25.3 Å². The van der Waals surface area contributed by atoms with Gasteiger partial charge in [0.05, 0.1) is 18.8 Å². The van der Waals surface area contributed by atoms with Gasteiger partial charge in [-0.1, -0.05) is 30.3 Å². The molecule has 5 rings (SSSR count). The minimum absolute atomic E-state index is 0.182. The number of nitrogens with zero attached hydrogens (tertiary/aromatic N) is 3. The van der Waals surface area contributed by atoms with Gasteiger partial charge in [-0.25, -0.2) is 0 Å². The Hall–Kier alpha value is -3.05. The van der Waals surface area contributed by atoms with Gasteiger partial charge in [0.1, 0.15) is 5.75 Å². The maximum absolute atomic E-state index is 5.66. The number of benzene rings is 2. The molecule has 0 saturated carbocycles. The van der Waals surface area contributed by atoms with Gasteiger partial charge in [-0.3, -0.25) is 9.58 Å². The standard InChI is InChI=1S/C24H26N4O/c1-3-29-19-10-8-18(9-11-19)24-23-21(20-6-4-5-7-22(20)26-23)12-13-28(24)16-17-14-25-27(2)15-17/h4-11,14-15,24,26H,3,12-13,16H2,1-2H3/t24-/m0/s1. The van der Waals surface area contributed by atoms with E-state index < -0.39 is 0 Å². The summed E-state index contributed by atoms with van der Waals surface area (Å²) in [4.78, 5) is 6.28. The molecule has 0 spiro atoms. The Morgan fingerprint density at radius 1 is 1.14 bits per heavy atom. The summed E-state index contributed by atoms with van der Waals surface area (Å²) in [5.41, 5.74) is 6.50. The van der Waals surface area contributed by atoms with Crippen molar-refractivity contribution in [3.05, 3.63) is 83.3 Å². The van der Waals surface area contributed by atoms with Gasteiger partial charge in [0.15, 0.2) is 0 Å². The summed E-state index contributed by atoms with van der Waals surface area (Å²) in [6, 6.07) is 17.4. The van der Waals surface area contributed by atoms with Crippen LogP contribution in [0.5, 0.6) is 5.75 Å². The summed E-state index contributed by atoms with van der Waals surface area (Å²) in [7, 11) is 1.97. The third kappa shape index (κ3) is 3.32. The van der Waals surface area contributed by atoms with Crippen molar-refractivity contribution in [2.24, 2.45) is 7.05 Å². The molecule has 5 heteroatoms. The highest BCUT2D eigenvalue weighted by Crippen LogP contribution is 2.39. The van der Waals surface area contributed by atoms with Crippen molar-refractivity contribution < 1.29 is 4.74 Å². The molecule has 0 saturated heterocycles. The van der Waals surface area contributed by atoms with Crippen LogP contribution in [0.2, 0.25) is 0 Å². The maximum Gasteiger partial charge on any atom is 0.119 e. The lowest BCUT2D eigenvalue weighted by Crippen LogP contribution is -2.35. The van der Waals surface area contributed by atoms with Crippen molar-refractivity contribution in [2.75, 3.05) is 13.2 Å². The smallest absolute Gasteiger partial charge is 0.119 e. The van der Waals surface area contributed by atoms with Crippen molar-refractivity contribution >= 4 is 10.9 Å². The Labute approximate surface area is 170 Å². The summed E-state index contributed by atoms with van der Waals surface area (Å²) in [6.45, 7) is 4.59. The molecule has 0 bridgehead atoms. The van der Waals surface area contributed by atoms with Crippen molar-refractivity contribution in [1.82, 2.24) is 19.7 Å². The lowest BCUT2D eigenvalue weighted by Gasteiger charge is -2.36. The van der Waals surface area contributed by atoms with Crippen LogP contribution in [-0.2, 0) is 20.0 Å². The van der Waals surface area contributed by atoms with Gasteiger partial charge in [-0.05, 0) is 42.7 Å². The molecule has 5 nitrogen and oxygen atoms in total. The topological polar surface area (TPSA) is 46.1 Å². The number of fused-ring (bicyclic) bond motifs is 3. The molecular formula is C24H26N4O. The van der Waals surface area contributed by atoms with Gasteiger partial charge in [0.25, 0.3) is 0 Å². The van der Waals surface area contributed by atoms with Gasteiger partial charge in [-0.2, -0.15) is 5.10 Å². The molecule has 0 fully saturated rings. The Morgan fingerprint density at radius 3 is 2.72 bits per heavy atom. The monoisotopic (exact) mass is 386 g/mol. The average Bonchev–Trinajstić information content (AvgIpc) is 3.32. The highest BCUT2D eigenvalue weighted by atomic mass is 16.5. The van der Waals surface area contributed by atoms with Gasteiger partial charge in [0.2, 0.25) is 0 Å². The molecule has 2 aromatic heterocycles. The van der Waals surface area contributed by atoms with Crippen LogP contribution in [0.1, 0.15) is 35.3 Å². The van der Waals surface area contributed by atoms with Crippen LogP contribution in [0.15, 0.2) is 60.9 Å². The predicted molar refractivity (Wildman–Crippen MR) is 115 cm³/mol. The quantitative estimate of drug-likeness (QED) is 0.551. The molecule has 3 heterocycles. The van der Waals surface area contributed by atoms with Crippen LogP contribution < -0.4 is 4.74 Å². The Morgan fingerprint density at radius 2 is 1.97 bits per heavy atom. The minimum atomic E-state index is 0.182. The van der Waals surface area contributed by atoms with Gasteiger partial charge in [-0.15, -0.1) is 0 Å². The van der Waals surface area contributed by atoms with E-state index in [1.54, 1.807) is 0 Å². The summed E-state index contributed by atoms with van der Waals surface area (Å²) < 4.78 is 7.53. The summed E-state index contributed by atoms with van der Waals surface area (Å²) >= 11 is 0. The lowest BCUT2D eigenvalue weighted by atomic mass is 9.92. The van der Waals surface area contributed by atoms with E-state index >= 15 is 0 Å². The second kappa shape index (κ2) is 7.41. The number of rotatable bonds is 5. The highest BCUT2D eigenvalue weighted by molar-refractivity contribution is 5.85. The summed E-state index contributed by atoms with van der Waals surface area (Å²) in [5, 5.41) is 5.70. The first-order valence-corrected chi connectivity index (χ1v) is 10.3. The highest BCUT2D eigenvalue weighted by Gasteiger charge is 2.31. The van der Waals surface area contributed by atoms with Crippen LogP contribution in [0.3, 0.4) is 0 Å². The number of aromatic amines is 1. The van der Waals surface area contributed by atoms with Crippen molar-refractivity contribution in [3.8, 4) is 5.75 Å². The second-order valence-electron chi connectivity index (χ2n) is 7.71. The zero-order valence-electron chi connectivity index (χ0n) is 16.9. The van der Waals surface area contributed by atoms with Crippen molar-refractivity contribution in [2.45, 2.75) is 25.9 Å². The van der Waals surface area contributed by atoms with E-state index in [4.69, 9.17) is 4.74 Å². The normalized spacial score (nSPS) is 16.8. The zero-order valence-corrected chi connectivity index (χ0v) is 16.9. The van der Waals surface area contributed by atoms with E-state index in [1.807, 2.05) is 24.9 Å². The molecule has 0 unspecified atom stereocenters. The fraction of sp³-hybridized carbons (Fsp3) is 0.292. The number of aryl methyl sites for hydroxylation is 1. The van der Waals surface area contributed by atoms with Crippen LogP contribution in [0, 0.1) is 0 Å². The molecule has 0 amide bonds. The summed E-state index contributed by atoms with van der Waals surface area (Å²) in [5.74, 6) is 0.919. The van der Waals surface area contributed by atoms with E-state index in [2.05, 4.69) is 69.7 Å². The van der Waals surface area contributed by atoms with Crippen LogP contribution in [-0.4, -0.2) is 32.8 Å². The number of H-pyrrole nitrogens is 1. The molecular weight excluding hydrogens is 360 g/mol. The predicted octanol–water partition coefficient (Wildman–Crippen LogP) is 4.45. The maximum atomic E-state index is 5.66. The van der Waals surface area contributed by atoms with E-state index in [9.17, 15) is 0 Å². The third-order valence-electron chi connectivity index (χ3n) is 5.79. The minimum Gasteiger partial charge on any atom is -0.494 e. The molecule has 1 atom stereocenters. The average molecular weight is 386 g/mol. The van der Waals surface area contributed by atoms with Gasteiger partial charge >= 0.3 is 0 Å². The van der Waals surface area contributed by atoms with Crippen LogP contribution in [0.4, 0.5) is 0 Å². The SMILES string of the molecule is CCOc1ccc([C@H]2c3[nH]c4ccccc4c3CCN2Cc2cnn(C)c2)cc1. The number of aromatic nitrogens is 3. The molecule has 29 heavy (non-hydrogen) atoms. The number of para-hydroxylation sites is 1. The fourth-order valence-corrected chi connectivity index (χ4v) is 4.54. The lowest BCUT2D eigenvalue weighted by molar-refractivity contribution is 0.202. The van der Waals surface area contributed by atoms with E-state index in [-0.39, 0.29) is 6.04 Å². The number of ether oxygens (including phenoxy) is 1. The number of hydrogen-bond donors (Lipinski definition) is 1. The van der Waals surface area contributed by atoms with Gasteiger partial charge < -0.3 is 9.72 Å². The Bertz CT molecular complexity index is 1130. The molecule has 1 aliphatic heterocycles. The van der Waals surface area contributed by atoms with Crippen LogP contribution >= 0.6 is 0 Å². The zero-order chi connectivity index (χ0) is 19.8. The van der Waals surface area contributed by atoms with E-state index in [1.165, 1.54) is 33.3 Å². The van der Waals surface area contributed by atoms with Gasteiger partial charge in [0, 0.05) is 48.5 Å². The largest absolute Gasteiger partial charge is 0.494 e. The molecule has 4 aromatic rings. The first kappa shape index (κ1) is 18.0. The fourth-order valence-electron chi connectivity index (χ4n) is 4.54. The van der Waals surface area contributed by atoms with E-state index in [0.29, 0.717) is 6.61 Å².